The minimum absolute atomic E-state index is 0.327. The van der Waals surface area contributed by atoms with Gasteiger partial charge in [0.25, 0.3) is 0 Å². The first-order chi connectivity index (χ1) is 8.76. The van der Waals surface area contributed by atoms with Crippen molar-refractivity contribution < 1.29 is 17.9 Å². The summed E-state index contributed by atoms with van der Waals surface area (Å²) in [6.07, 6.45) is -3.27. The maximum Gasteiger partial charge on any atom is 0.573 e. The minimum Gasteiger partial charge on any atom is -0.406 e. The van der Waals surface area contributed by atoms with Gasteiger partial charge in [0, 0.05) is 8.95 Å². The summed E-state index contributed by atoms with van der Waals surface area (Å²) in [5, 5.41) is 4.09. The number of nitrogens with zero attached hydrogens (tertiary/aromatic N) is 3. The van der Waals surface area contributed by atoms with Crippen molar-refractivity contribution >= 4 is 31.9 Å². The van der Waals surface area contributed by atoms with E-state index in [2.05, 4.69) is 46.7 Å². The van der Waals surface area contributed by atoms with E-state index in [-0.39, 0.29) is 5.75 Å². The van der Waals surface area contributed by atoms with Crippen LogP contribution in [-0.2, 0) is 0 Å². The van der Waals surface area contributed by atoms with Gasteiger partial charge in [0.1, 0.15) is 17.9 Å². The van der Waals surface area contributed by atoms with Gasteiger partial charge >= 0.3 is 6.36 Å². The lowest BCUT2D eigenvalue weighted by molar-refractivity contribution is -0.274. The topological polar surface area (TPSA) is 39.9 Å². The number of rotatable bonds is 2. The van der Waals surface area contributed by atoms with Gasteiger partial charge in [0.2, 0.25) is 0 Å². The van der Waals surface area contributed by atoms with Crippen molar-refractivity contribution in [2.75, 3.05) is 0 Å². The van der Waals surface area contributed by atoms with Crippen LogP contribution in [0.15, 0.2) is 27.4 Å². The maximum atomic E-state index is 12.2. The molecule has 0 fully saturated rings. The lowest BCUT2D eigenvalue weighted by Crippen LogP contribution is -2.17. The van der Waals surface area contributed by atoms with E-state index in [9.17, 15) is 13.2 Å². The molecule has 0 atom stereocenters. The van der Waals surface area contributed by atoms with E-state index in [0.717, 1.165) is 0 Å². The fourth-order valence-electron chi connectivity index (χ4n) is 1.41. The Kier molecular flexibility index (Phi) is 3.86. The molecule has 19 heavy (non-hydrogen) atoms. The fraction of sp³-hybridized carbons (Fsp3) is 0.200. The smallest absolute Gasteiger partial charge is 0.406 e. The normalized spacial score (nSPS) is 11.7. The monoisotopic (exact) mass is 399 g/mol. The summed E-state index contributed by atoms with van der Waals surface area (Å²) in [4.78, 5) is 3.96. The Balaban J connectivity index is 2.43. The number of halogens is 5. The van der Waals surface area contributed by atoms with Crippen molar-refractivity contribution in [3.05, 3.63) is 33.2 Å². The zero-order chi connectivity index (χ0) is 14.2. The molecule has 4 nitrogen and oxygen atoms in total. The summed E-state index contributed by atoms with van der Waals surface area (Å²) < 4.78 is 42.5. The van der Waals surface area contributed by atoms with Crippen LogP contribution in [0.1, 0.15) is 5.82 Å². The highest BCUT2D eigenvalue weighted by Crippen LogP contribution is 2.35. The Morgan fingerprint density at radius 2 is 1.79 bits per heavy atom. The summed E-state index contributed by atoms with van der Waals surface area (Å²) in [6.45, 7) is 1.71. The Morgan fingerprint density at radius 1 is 1.21 bits per heavy atom. The minimum atomic E-state index is -4.73. The molecule has 1 heterocycles. The number of aryl methyl sites for hydroxylation is 1. The van der Waals surface area contributed by atoms with E-state index in [4.69, 9.17) is 0 Å². The number of alkyl halides is 3. The molecule has 102 valence electrons. The number of ether oxygens (including phenoxy) is 1. The van der Waals surface area contributed by atoms with Crippen LogP contribution >= 0.6 is 31.9 Å². The summed E-state index contributed by atoms with van der Waals surface area (Å²) >= 11 is 6.37. The summed E-state index contributed by atoms with van der Waals surface area (Å²) in [6, 6.07) is 2.43. The Hall–Kier alpha value is -1.09. The molecule has 0 aliphatic rings. The molecule has 0 saturated heterocycles. The molecule has 0 saturated carbocycles. The first-order valence-corrected chi connectivity index (χ1v) is 6.48. The maximum absolute atomic E-state index is 12.2. The molecule has 9 heteroatoms. The fourth-order valence-corrected chi connectivity index (χ4v) is 2.92. The van der Waals surface area contributed by atoms with Crippen molar-refractivity contribution in [2.45, 2.75) is 13.3 Å². The van der Waals surface area contributed by atoms with Crippen LogP contribution in [-0.4, -0.2) is 21.1 Å². The zero-order valence-electron chi connectivity index (χ0n) is 9.37. The molecule has 0 unspecified atom stereocenters. The highest BCUT2D eigenvalue weighted by atomic mass is 79.9. The van der Waals surface area contributed by atoms with E-state index in [1.807, 2.05) is 0 Å². The summed E-state index contributed by atoms with van der Waals surface area (Å²) in [7, 11) is 0. The van der Waals surface area contributed by atoms with Crippen LogP contribution < -0.4 is 4.74 Å². The van der Waals surface area contributed by atoms with Crippen LogP contribution in [0, 0.1) is 6.92 Å². The number of hydrogen-bond acceptors (Lipinski definition) is 3. The second kappa shape index (κ2) is 5.12. The van der Waals surface area contributed by atoms with Crippen molar-refractivity contribution in [3.63, 3.8) is 0 Å². The van der Waals surface area contributed by atoms with Gasteiger partial charge in [-0.3, -0.25) is 0 Å². The lowest BCUT2D eigenvalue weighted by atomic mass is 10.3. The SMILES string of the molecule is Cc1ncn(-c2c(Br)cc(OC(F)(F)F)cc2Br)n1. The van der Waals surface area contributed by atoms with Crippen LogP contribution in [0.25, 0.3) is 5.69 Å². The molecule has 0 radical (unpaired) electrons. The van der Waals surface area contributed by atoms with E-state index < -0.39 is 6.36 Å². The van der Waals surface area contributed by atoms with Gasteiger partial charge in [-0.05, 0) is 50.9 Å². The Morgan fingerprint density at radius 3 is 2.21 bits per heavy atom. The molecule has 2 rings (SSSR count). The van der Waals surface area contributed by atoms with Crippen LogP contribution in [0.4, 0.5) is 13.2 Å². The molecule has 1 aromatic heterocycles. The number of benzene rings is 1. The van der Waals surface area contributed by atoms with Gasteiger partial charge in [-0.2, -0.15) is 5.10 Å². The third kappa shape index (κ3) is 3.47. The number of hydrogen-bond donors (Lipinski definition) is 0. The van der Waals surface area contributed by atoms with E-state index in [1.165, 1.54) is 23.1 Å². The van der Waals surface area contributed by atoms with Gasteiger partial charge < -0.3 is 4.74 Å². The summed E-state index contributed by atoms with van der Waals surface area (Å²) in [5.74, 6) is 0.223. The van der Waals surface area contributed by atoms with Crippen molar-refractivity contribution in [1.29, 1.82) is 0 Å². The predicted octanol–water partition coefficient (Wildman–Crippen LogP) is 4.00. The van der Waals surface area contributed by atoms with Crippen molar-refractivity contribution in [1.82, 2.24) is 14.8 Å². The van der Waals surface area contributed by atoms with Gasteiger partial charge in [0.05, 0.1) is 5.69 Å². The molecule has 0 N–H and O–H groups in total. The second-order valence-electron chi connectivity index (χ2n) is 3.52. The molecule has 0 bridgehead atoms. The second-order valence-corrected chi connectivity index (χ2v) is 5.23. The zero-order valence-corrected chi connectivity index (χ0v) is 12.5. The van der Waals surface area contributed by atoms with Gasteiger partial charge in [-0.15, -0.1) is 13.2 Å². The molecule has 0 aliphatic heterocycles. The quantitative estimate of drug-likeness (QED) is 0.764. The highest BCUT2D eigenvalue weighted by molar-refractivity contribution is 9.11. The van der Waals surface area contributed by atoms with Crippen LogP contribution in [0.2, 0.25) is 0 Å². The molecule has 0 aliphatic carbocycles. The van der Waals surface area contributed by atoms with E-state index in [1.54, 1.807) is 6.92 Å². The van der Waals surface area contributed by atoms with Gasteiger partial charge in [0.15, 0.2) is 0 Å². The molecular formula is C10H6Br2F3N3O. The Labute approximate surface area is 122 Å². The third-order valence-electron chi connectivity index (χ3n) is 2.06. The van der Waals surface area contributed by atoms with E-state index >= 15 is 0 Å². The molecule has 1 aromatic carbocycles. The molecule has 2 aromatic rings. The first-order valence-electron chi connectivity index (χ1n) is 4.90. The summed E-state index contributed by atoms with van der Waals surface area (Å²) in [5.41, 5.74) is 0.537. The Bertz CT molecular complexity index is 589. The average Bonchev–Trinajstić information content (AvgIpc) is 2.60. The van der Waals surface area contributed by atoms with Gasteiger partial charge in [-0.25, -0.2) is 9.67 Å². The largest absolute Gasteiger partial charge is 0.573 e. The third-order valence-corrected chi connectivity index (χ3v) is 3.27. The average molecular weight is 401 g/mol. The van der Waals surface area contributed by atoms with Crippen LogP contribution in [0.5, 0.6) is 5.75 Å². The molecule has 0 spiro atoms. The molecular weight excluding hydrogens is 395 g/mol. The van der Waals surface area contributed by atoms with Crippen LogP contribution in [0.3, 0.4) is 0 Å². The van der Waals surface area contributed by atoms with Crippen molar-refractivity contribution in [3.8, 4) is 11.4 Å². The predicted molar refractivity (Wildman–Crippen MR) is 68.2 cm³/mol. The van der Waals surface area contributed by atoms with Gasteiger partial charge in [-0.1, -0.05) is 0 Å². The number of aromatic nitrogens is 3. The lowest BCUT2D eigenvalue weighted by Gasteiger charge is -2.12. The highest BCUT2D eigenvalue weighted by Gasteiger charge is 2.31. The molecule has 0 amide bonds. The first kappa shape index (κ1) is 14.3. The van der Waals surface area contributed by atoms with Crippen molar-refractivity contribution in [2.24, 2.45) is 0 Å². The van der Waals surface area contributed by atoms with E-state index in [0.29, 0.717) is 20.5 Å². The standard InChI is InChI=1S/C10H6Br2F3N3O/c1-5-16-4-18(17-5)9-7(11)2-6(3-8(9)12)19-10(13,14)15/h2-4H,1H3.